The first kappa shape index (κ1) is 21.8. The van der Waals surface area contributed by atoms with Crippen LogP contribution in [0.4, 0.5) is 5.95 Å². The minimum Gasteiger partial charge on any atom is -0.460 e. The van der Waals surface area contributed by atoms with Crippen LogP contribution < -0.4 is 11.4 Å². The summed E-state index contributed by atoms with van der Waals surface area (Å²) in [6, 6.07) is 0. The number of aromatic nitrogens is 4. The third-order valence-electron chi connectivity index (χ3n) is 4.97. The lowest BCUT2D eigenvalue weighted by Crippen LogP contribution is -2.34. The van der Waals surface area contributed by atoms with Crippen molar-refractivity contribution in [3.63, 3.8) is 0 Å². The maximum absolute atomic E-state index is 13.2. The molecule has 0 bridgehead atoms. The van der Waals surface area contributed by atoms with E-state index in [2.05, 4.69) is 9.97 Å². The van der Waals surface area contributed by atoms with E-state index in [1.807, 2.05) is 13.8 Å². The number of hydrogen-bond acceptors (Lipinski definition) is 9. The van der Waals surface area contributed by atoms with E-state index in [-0.39, 0.29) is 18.1 Å². The summed E-state index contributed by atoms with van der Waals surface area (Å²) in [7, 11) is 0. The summed E-state index contributed by atoms with van der Waals surface area (Å²) in [6.07, 6.45) is 0.197. The van der Waals surface area contributed by atoms with E-state index in [1.54, 1.807) is 4.57 Å². The standard InChI is InChI=1S/C19H27N5O6/c1-5-7-23-12-9-21-18(20)22-16(12)24(19(23)27)17-15(29-11(4)26)8-14(30-17)13(6-2)28-10(3)25/h9,13-15,17H,5-8H2,1-4H3,(H2,20,21,22)/t13-,14-,15+,17+/m0/s1. The Hall–Kier alpha value is -2.95. The minimum absolute atomic E-state index is 0.00910. The van der Waals surface area contributed by atoms with Crippen LogP contribution in [0.2, 0.25) is 0 Å². The molecule has 0 spiro atoms. The molecule has 1 aliphatic rings. The first-order valence-corrected chi connectivity index (χ1v) is 9.99. The number of nitrogens with zero attached hydrogens (tertiary/aromatic N) is 4. The average molecular weight is 421 g/mol. The van der Waals surface area contributed by atoms with Crippen LogP contribution in [0.3, 0.4) is 0 Å². The molecule has 164 valence electrons. The molecule has 30 heavy (non-hydrogen) atoms. The molecule has 1 saturated heterocycles. The van der Waals surface area contributed by atoms with Gasteiger partial charge in [-0.25, -0.2) is 14.3 Å². The van der Waals surface area contributed by atoms with Crippen LogP contribution in [0.25, 0.3) is 11.2 Å². The van der Waals surface area contributed by atoms with E-state index in [0.717, 1.165) is 6.42 Å². The molecule has 11 nitrogen and oxygen atoms in total. The van der Waals surface area contributed by atoms with Gasteiger partial charge < -0.3 is 19.9 Å². The molecule has 0 unspecified atom stereocenters. The highest BCUT2D eigenvalue weighted by molar-refractivity contribution is 5.72. The predicted molar refractivity (Wildman–Crippen MR) is 106 cm³/mol. The number of carbonyl (C=O) groups is 2. The van der Waals surface area contributed by atoms with Crippen LogP contribution in [0.5, 0.6) is 0 Å². The molecule has 0 aromatic carbocycles. The molecule has 0 saturated carbocycles. The Kier molecular flexibility index (Phi) is 6.40. The number of hydrogen-bond donors (Lipinski definition) is 1. The molecule has 0 radical (unpaired) electrons. The number of esters is 2. The number of imidazole rings is 1. The van der Waals surface area contributed by atoms with Crippen molar-refractivity contribution in [1.29, 1.82) is 0 Å². The van der Waals surface area contributed by atoms with Crippen LogP contribution >= 0.6 is 0 Å². The summed E-state index contributed by atoms with van der Waals surface area (Å²) in [4.78, 5) is 44.7. The number of rotatable bonds is 7. The summed E-state index contributed by atoms with van der Waals surface area (Å²) in [5.74, 6) is -0.931. The molecule has 1 aliphatic heterocycles. The Bertz CT molecular complexity index is 999. The highest BCUT2D eigenvalue weighted by Gasteiger charge is 2.44. The lowest BCUT2D eigenvalue weighted by molar-refractivity contribution is -0.158. The van der Waals surface area contributed by atoms with Crippen molar-refractivity contribution in [2.45, 2.75) is 78.0 Å². The normalized spacial score (nSPS) is 22.2. The molecule has 1 fully saturated rings. The smallest absolute Gasteiger partial charge is 0.332 e. The molecule has 3 rings (SSSR count). The van der Waals surface area contributed by atoms with Crippen molar-refractivity contribution < 1.29 is 23.8 Å². The lowest BCUT2D eigenvalue weighted by atomic mass is 10.1. The van der Waals surface area contributed by atoms with E-state index in [1.165, 1.54) is 24.6 Å². The molecule has 3 heterocycles. The van der Waals surface area contributed by atoms with Crippen molar-refractivity contribution in [2.24, 2.45) is 0 Å². The third kappa shape index (κ3) is 4.16. The van der Waals surface area contributed by atoms with Crippen LogP contribution in [0.15, 0.2) is 11.0 Å². The molecular weight excluding hydrogens is 394 g/mol. The Balaban J connectivity index is 2.09. The largest absolute Gasteiger partial charge is 0.460 e. The number of carbonyl (C=O) groups excluding carboxylic acids is 2. The quantitative estimate of drug-likeness (QED) is 0.652. The fraction of sp³-hybridized carbons (Fsp3) is 0.632. The second kappa shape index (κ2) is 8.82. The monoisotopic (exact) mass is 421 g/mol. The van der Waals surface area contributed by atoms with Gasteiger partial charge in [0.15, 0.2) is 11.9 Å². The number of aryl methyl sites for hydroxylation is 1. The molecule has 4 atom stereocenters. The van der Waals surface area contributed by atoms with Gasteiger partial charge in [-0.1, -0.05) is 13.8 Å². The van der Waals surface area contributed by atoms with E-state index < -0.39 is 36.5 Å². The minimum atomic E-state index is -0.939. The highest BCUT2D eigenvalue weighted by atomic mass is 16.6. The van der Waals surface area contributed by atoms with Crippen LogP contribution in [-0.4, -0.2) is 49.4 Å². The predicted octanol–water partition coefficient (Wildman–Crippen LogP) is 1.15. The summed E-state index contributed by atoms with van der Waals surface area (Å²) >= 11 is 0. The fourth-order valence-corrected chi connectivity index (χ4v) is 3.83. The molecule has 11 heteroatoms. The van der Waals surface area contributed by atoms with Crippen LogP contribution in [-0.2, 0) is 30.3 Å². The zero-order chi connectivity index (χ0) is 22.0. The molecule has 0 amide bonds. The van der Waals surface area contributed by atoms with Crippen molar-refractivity contribution >= 4 is 29.1 Å². The van der Waals surface area contributed by atoms with Gasteiger partial charge in [-0.15, -0.1) is 0 Å². The zero-order valence-corrected chi connectivity index (χ0v) is 17.5. The molecule has 0 aliphatic carbocycles. The Labute approximate surface area is 173 Å². The Morgan fingerprint density at radius 3 is 2.67 bits per heavy atom. The van der Waals surface area contributed by atoms with E-state index >= 15 is 0 Å². The van der Waals surface area contributed by atoms with Gasteiger partial charge in [-0.2, -0.15) is 4.98 Å². The summed E-state index contributed by atoms with van der Waals surface area (Å²) < 4.78 is 19.8. The fourth-order valence-electron chi connectivity index (χ4n) is 3.83. The van der Waals surface area contributed by atoms with Gasteiger partial charge >= 0.3 is 17.6 Å². The van der Waals surface area contributed by atoms with Gasteiger partial charge in [-0.3, -0.25) is 14.2 Å². The van der Waals surface area contributed by atoms with Crippen molar-refractivity contribution in [2.75, 3.05) is 5.73 Å². The second-order valence-electron chi connectivity index (χ2n) is 7.25. The number of anilines is 1. The number of fused-ring (bicyclic) bond motifs is 1. The topological polar surface area (TPSA) is 141 Å². The van der Waals surface area contributed by atoms with Gasteiger partial charge in [0.1, 0.15) is 23.8 Å². The van der Waals surface area contributed by atoms with E-state index in [9.17, 15) is 14.4 Å². The maximum Gasteiger partial charge on any atom is 0.332 e. The van der Waals surface area contributed by atoms with Gasteiger partial charge in [-0.05, 0) is 12.8 Å². The maximum atomic E-state index is 13.2. The molecule has 2 aromatic rings. The second-order valence-corrected chi connectivity index (χ2v) is 7.25. The first-order chi connectivity index (χ1) is 14.3. The van der Waals surface area contributed by atoms with Gasteiger partial charge in [0.25, 0.3) is 0 Å². The molecular formula is C19H27N5O6. The van der Waals surface area contributed by atoms with Gasteiger partial charge in [0, 0.05) is 26.8 Å². The Morgan fingerprint density at radius 1 is 1.33 bits per heavy atom. The summed E-state index contributed by atoms with van der Waals surface area (Å²) in [5, 5.41) is 0. The summed E-state index contributed by atoms with van der Waals surface area (Å²) in [5.41, 5.74) is 6.20. The molecule has 2 N–H and O–H groups in total. The van der Waals surface area contributed by atoms with Gasteiger partial charge in [0.2, 0.25) is 5.95 Å². The highest BCUT2D eigenvalue weighted by Crippen LogP contribution is 2.35. The van der Waals surface area contributed by atoms with Crippen molar-refractivity contribution in [3.8, 4) is 0 Å². The number of nitrogen functional groups attached to an aromatic ring is 1. The number of ether oxygens (including phenoxy) is 3. The van der Waals surface area contributed by atoms with Gasteiger partial charge in [0.05, 0.1) is 6.20 Å². The SMILES string of the molecule is CCCn1c(=O)n([C@@H]2O[C@H]([C@H](CC)OC(C)=O)C[C@H]2OC(C)=O)c2nc(N)ncc21. The van der Waals surface area contributed by atoms with E-state index in [4.69, 9.17) is 19.9 Å². The first-order valence-electron chi connectivity index (χ1n) is 9.99. The van der Waals surface area contributed by atoms with E-state index in [0.29, 0.717) is 24.1 Å². The van der Waals surface area contributed by atoms with Crippen LogP contribution in [0, 0.1) is 0 Å². The molecule has 2 aromatic heterocycles. The third-order valence-corrected chi connectivity index (χ3v) is 4.97. The Morgan fingerprint density at radius 2 is 2.07 bits per heavy atom. The number of nitrogens with two attached hydrogens (primary N) is 1. The average Bonchev–Trinajstić information content (AvgIpc) is 3.18. The zero-order valence-electron chi connectivity index (χ0n) is 17.5. The van der Waals surface area contributed by atoms with Crippen molar-refractivity contribution in [1.82, 2.24) is 19.1 Å². The summed E-state index contributed by atoms with van der Waals surface area (Å²) in [6.45, 7) is 6.87. The van der Waals surface area contributed by atoms with Crippen molar-refractivity contribution in [3.05, 3.63) is 16.7 Å². The lowest BCUT2D eigenvalue weighted by Gasteiger charge is -2.22. The van der Waals surface area contributed by atoms with Crippen LogP contribution in [0.1, 0.15) is 53.2 Å².